The maximum Gasteiger partial charge on any atom is 0.413 e. The number of hydrogen-bond donors (Lipinski definition) is 6. The summed E-state index contributed by atoms with van der Waals surface area (Å²) in [6, 6.07) is 4.16. The van der Waals surface area contributed by atoms with Crippen LogP contribution in [0.4, 0.5) is 4.79 Å². The van der Waals surface area contributed by atoms with Gasteiger partial charge in [0, 0.05) is 17.7 Å². The Balaban J connectivity index is 2.07. The molecule has 3 aromatic rings. The Morgan fingerprint density at radius 2 is 1.73 bits per heavy atom. The van der Waals surface area contributed by atoms with Crippen LogP contribution in [0.15, 0.2) is 39.5 Å². The summed E-state index contributed by atoms with van der Waals surface area (Å²) in [6.45, 7) is 1.21. The number of phenolic OH excluding ortho intramolecular Hbond substituents is 3. The molecule has 0 fully saturated rings. The lowest BCUT2D eigenvalue weighted by Crippen LogP contribution is -2.39. The van der Waals surface area contributed by atoms with E-state index in [-0.39, 0.29) is 22.7 Å². The fraction of sp³-hybridized carbons (Fsp3) is 0.105. The molecular formula is C19H15NO10. The first-order valence-electron chi connectivity index (χ1n) is 8.34. The maximum atomic E-state index is 12.5. The van der Waals surface area contributed by atoms with Gasteiger partial charge in [0.15, 0.2) is 17.3 Å². The minimum Gasteiger partial charge on any atom is -0.507 e. The first kappa shape index (κ1) is 20.3. The van der Waals surface area contributed by atoms with Crippen LogP contribution in [0.25, 0.3) is 22.3 Å². The van der Waals surface area contributed by atoms with Gasteiger partial charge in [-0.05, 0) is 25.1 Å². The first-order chi connectivity index (χ1) is 14.1. The van der Waals surface area contributed by atoms with Crippen LogP contribution in [0.3, 0.4) is 0 Å². The van der Waals surface area contributed by atoms with E-state index < -0.39 is 51.9 Å². The number of amides is 1. The number of rotatable bonds is 4. The average molecular weight is 417 g/mol. The molecule has 6 N–H and O–H groups in total. The highest BCUT2D eigenvalue weighted by molar-refractivity contribution is 5.89. The molecule has 0 radical (unpaired) electrons. The van der Waals surface area contributed by atoms with Crippen molar-refractivity contribution in [2.75, 3.05) is 0 Å². The lowest BCUT2D eigenvalue weighted by Gasteiger charge is -2.11. The highest BCUT2D eigenvalue weighted by Crippen LogP contribution is 2.37. The summed E-state index contributed by atoms with van der Waals surface area (Å²) in [4.78, 5) is 35.1. The quantitative estimate of drug-likeness (QED) is 0.342. The van der Waals surface area contributed by atoms with Crippen molar-refractivity contribution >= 4 is 23.0 Å². The normalized spacial score (nSPS) is 11.8. The Labute approximate surface area is 167 Å². The summed E-state index contributed by atoms with van der Waals surface area (Å²) in [5.74, 6) is -4.42. The second-order valence-corrected chi connectivity index (χ2v) is 6.22. The van der Waals surface area contributed by atoms with Gasteiger partial charge in [0.25, 0.3) is 0 Å². The van der Waals surface area contributed by atoms with E-state index in [4.69, 9.17) is 14.3 Å². The molecule has 0 saturated carbocycles. The van der Waals surface area contributed by atoms with E-state index >= 15 is 0 Å². The summed E-state index contributed by atoms with van der Waals surface area (Å²) in [6.07, 6.45) is -1.13. The third kappa shape index (κ3) is 3.76. The maximum absolute atomic E-state index is 12.5. The standard InChI is InChI=1S/C19H15NO10/c1-7(18(26)27)20-19(28)29-9-5-12(23)14-13(6-9)30-17(16(25)15(14)24)8-2-3-10(21)11(22)4-8/h2-7,21-23,25H,1H3,(H,20,28)(H,26,27)/t7-/m0/s1. The summed E-state index contributed by atoms with van der Waals surface area (Å²) < 4.78 is 10.4. The monoisotopic (exact) mass is 417 g/mol. The molecule has 0 unspecified atom stereocenters. The molecule has 11 heteroatoms. The van der Waals surface area contributed by atoms with Crippen LogP contribution in [0, 0.1) is 0 Å². The van der Waals surface area contributed by atoms with Crippen LogP contribution in [-0.2, 0) is 4.79 Å². The van der Waals surface area contributed by atoms with Crippen molar-refractivity contribution in [3.63, 3.8) is 0 Å². The number of nitrogens with one attached hydrogen (secondary N) is 1. The highest BCUT2D eigenvalue weighted by atomic mass is 16.6. The molecule has 0 aliphatic heterocycles. The van der Waals surface area contributed by atoms with Crippen molar-refractivity contribution in [1.82, 2.24) is 5.32 Å². The van der Waals surface area contributed by atoms with Crippen molar-refractivity contribution < 1.29 is 44.3 Å². The Hall–Kier alpha value is -4.41. The molecule has 156 valence electrons. The van der Waals surface area contributed by atoms with Crippen LogP contribution >= 0.6 is 0 Å². The van der Waals surface area contributed by atoms with Gasteiger partial charge in [0.05, 0.1) is 0 Å². The molecule has 1 aromatic heterocycles. The van der Waals surface area contributed by atoms with Crippen molar-refractivity contribution in [3.8, 4) is 40.1 Å². The predicted molar refractivity (Wildman–Crippen MR) is 101 cm³/mol. The molecule has 0 aliphatic rings. The van der Waals surface area contributed by atoms with Crippen molar-refractivity contribution in [3.05, 3.63) is 40.6 Å². The van der Waals surface area contributed by atoms with E-state index in [9.17, 15) is 34.8 Å². The molecule has 11 nitrogen and oxygen atoms in total. The largest absolute Gasteiger partial charge is 0.507 e. The second kappa shape index (κ2) is 7.54. The van der Waals surface area contributed by atoms with Gasteiger partial charge >= 0.3 is 12.1 Å². The fourth-order valence-electron chi connectivity index (χ4n) is 2.56. The van der Waals surface area contributed by atoms with Crippen LogP contribution in [0.5, 0.6) is 28.7 Å². The number of carbonyl (C=O) groups is 2. The zero-order chi connectivity index (χ0) is 22.2. The van der Waals surface area contributed by atoms with Crippen LogP contribution in [0.2, 0.25) is 0 Å². The van der Waals surface area contributed by atoms with Gasteiger partial charge in [0.1, 0.15) is 28.5 Å². The predicted octanol–water partition coefficient (Wildman–Crippen LogP) is 1.84. The van der Waals surface area contributed by atoms with Gasteiger partial charge in [-0.25, -0.2) is 4.79 Å². The van der Waals surface area contributed by atoms with Crippen LogP contribution in [-0.4, -0.2) is 43.6 Å². The lowest BCUT2D eigenvalue weighted by atomic mass is 10.1. The highest BCUT2D eigenvalue weighted by Gasteiger charge is 2.21. The number of carbonyl (C=O) groups excluding carboxylic acids is 1. The van der Waals surface area contributed by atoms with Crippen molar-refractivity contribution in [2.24, 2.45) is 0 Å². The summed E-state index contributed by atoms with van der Waals surface area (Å²) in [5.41, 5.74) is -1.22. The van der Waals surface area contributed by atoms with Gasteiger partial charge in [-0.3, -0.25) is 9.59 Å². The smallest absolute Gasteiger partial charge is 0.413 e. The number of ether oxygens (including phenoxy) is 1. The van der Waals surface area contributed by atoms with E-state index in [2.05, 4.69) is 0 Å². The van der Waals surface area contributed by atoms with Gasteiger partial charge in [-0.1, -0.05) is 0 Å². The Kier molecular flexibility index (Phi) is 5.11. The molecule has 1 heterocycles. The van der Waals surface area contributed by atoms with E-state index in [1.807, 2.05) is 5.32 Å². The van der Waals surface area contributed by atoms with Gasteiger partial charge in [0.2, 0.25) is 11.2 Å². The summed E-state index contributed by atoms with van der Waals surface area (Å²) >= 11 is 0. The van der Waals surface area contributed by atoms with Gasteiger partial charge in [-0.2, -0.15) is 0 Å². The molecule has 0 spiro atoms. The molecule has 0 aliphatic carbocycles. The summed E-state index contributed by atoms with van der Waals surface area (Å²) in [5, 5.41) is 49.8. The van der Waals surface area contributed by atoms with E-state index in [0.717, 1.165) is 24.3 Å². The minimum absolute atomic E-state index is 0.0423. The molecule has 2 aromatic carbocycles. The van der Waals surface area contributed by atoms with Gasteiger partial charge in [-0.15, -0.1) is 0 Å². The molecule has 30 heavy (non-hydrogen) atoms. The fourth-order valence-corrected chi connectivity index (χ4v) is 2.56. The minimum atomic E-state index is -1.29. The third-order valence-electron chi connectivity index (χ3n) is 4.08. The van der Waals surface area contributed by atoms with Crippen LogP contribution in [0.1, 0.15) is 6.92 Å². The molecular weight excluding hydrogens is 402 g/mol. The van der Waals surface area contributed by atoms with Gasteiger partial charge < -0.3 is 40.0 Å². The average Bonchev–Trinajstić information content (AvgIpc) is 2.66. The van der Waals surface area contributed by atoms with Crippen molar-refractivity contribution in [1.29, 1.82) is 0 Å². The number of fused-ring (bicyclic) bond motifs is 1. The molecule has 0 bridgehead atoms. The third-order valence-corrected chi connectivity index (χ3v) is 4.08. The number of aromatic hydroxyl groups is 4. The van der Waals surface area contributed by atoms with E-state index in [0.29, 0.717) is 0 Å². The molecule has 1 atom stereocenters. The second-order valence-electron chi connectivity index (χ2n) is 6.22. The number of phenols is 3. The topological polar surface area (TPSA) is 187 Å². The van der Waals surface area contributed by atoms with Crippen molar-refractivity contribution in [2.45, 2.75) is 13.0 Å². The number of carboxylic acid groups (broad SMARTS) is 1. The molecule has 1 amide bonds. The molecule has 0 saturated heterocycles. The zero-order valence-electron chi connectivity index (χ0n) is 15.2. The van der Waals surface area contributed by atoms with E-state index in [1.54, 1.807) is 0 Å². The molecule has 3 rings (SSSR count). The number of benzene rings is 2. The lowest BCUT2D eigenvalue weighted by molar-refractivity contribution is -0.138. The SMILES string of the molecule is C[C@H](NC(=O)Oc1cc(O)c2c(=O)c(O)c(-c3ccc(O)c(O)c3)oc2c1)C(=O)O. The Morgan fingerprint density at radius 3 is 2.37 bits per heavy atom. The zero-order valence-corrected chi connectivity index (χ0v) is 15.2. The van der Waals surface area contributed by atoms with Crippen LogP contribution < -0.4 is 15.5 Å². The number of aliphatic carboxylic acids is 1. The Morgan fingerprint density at radius 1 is 1.03 bits per heavy atom. The summed E-state index contributed by atoms with van der Waals surface area (Å²) in [7, 11) is 0. The first-order valence-corrected chi connectivity index (χ1v) is 8.34. The Bertz CT molecular complexity index is 1230. The number of hydrogen-bond acceptors (Lipinski definition) is 9. The van der Waals surface area contributed by atoms with E-state index in [1.165, 1.54) is 13.0 Å². The number of carboxylic acids is 1.